The Bertz CT molecular complexity index is 545. The molecular weight excluding hydrogens is 370 g/mol. The van der Waals surface area contributed by atoms with Crippen LogP contribution in [0.2, 0.25) is 0 Å². The largest absolute Gasteiger partial charge is 0.481 e. The Kier molecular flexibility index (Phi) is 14.5. The van der Waals surface area contributed by atoms with Gasteiger partial charge in [-0.3, -0.25) is 29.0 Å². The molecule has 0 fully saturated rings. The van der Waals surface area contributed by atoms with E-state index in [1.807, 2.05) is 0 Å². The summed E-state index contributed by atoms with van der Waals surface area (Å²) in [6.07, 6.45) is -0.683. The molecule has 0 aliphatic heterocycles. The Hall–Kier alpha value is -3.22. The number of rotatable bonds is 12. The maximum absolute atomic E-state index is 10.6. The smallest absolute Gasteiger partial charge is 0.325 e. The average molecular weight is 391 g/mol. The van der Waals surface area contributed by atoms with Crippen molar-refractivity contribution >= 4 is 35.7 Å². The molecule has 0 saturated heterocycles. The molecule has 13 heteroatoms. The topological polar surface area (TPSA) is 216 Å². The van der Waals surface area contributed by atoms with Gasteiger partial charge < -0.3 is 30.4 Å². The minimum Gasteiger partial charge on any atom is -0.481 e. The fraction of sp³-hybridized carbons (Fsp3) is 0.500. The van der Waals surface area contributed by atoms with Crippen LogP contribution < -0.4 is 5.32 Å². The van der Waals surface area contributed by atoms with Gasteiger partial charge in [-0.1, -0.05) is 0 Å². The Morgan fingerprint density at radius 1 is 0.704 bits per heavy atom. The molecule has 27 heavy (non-hydrogen) atoms. The summed E-state index contributed by atoms with van der Waals surface area (Å²) in [5, 5.41) is 45.8. The molecule has 152 valence electrons. The minimum absolute atomic E-state index is 0.122. The average Bonchev–Trinajstić information content (AvgIpc) is 2.51. The van der Waals surface area contributed by atoms with Crippen molar-refractivity contribution in [2.24, 2.45) is 4.99 Å². The molecule has 0 unspecified atom stereocenters. The van der Waals surface area contributed by atoms with Gasteiger partial charge in [-0.2, -0.15) is 0 Å². The van der Waals surface area contributed by atoms with E-state index in [4.69, 9.17) is 25.5 Å². The highest BCUT2D eigenvalue weighted by atomic mass is 16.4. The molecule has 0 amide bonds. The number of amidine groups is 1. The van der Waals surface area contributed by atoms with Crippen LogP contribution in [-0.4, -0.2) is 98.8 Å². The molecule has 0 saturated carbocycles. The number of aliphatic carboxylic acids is 5. The van der Waals surface area contributed by atoms with Crippen LogP contribution in [0, 0.1) is 6.92 Å². The van der Waals surface area contributed by atoms with Gasteiger partial charge >= 0.3 is 29.8 Å². The summed E-state index contributed by atoms with van der Waals surface area (Å²) in [5.74, 6) is -6.26. The predicted molar refractivity (Wildman–Crippen MR) is 88.5 cm³/mol. The molecule has 0 spiro atoms. The second-order valence-corrected chi connectivity index (χ2v) is 4.66. The van der Waals surface area contributed by atoms with E-state index in [9.17, 15) is 24.0 Å². The summed E-state index contributed by atoms with van der Waals surface area (Å²) >= 11 is 0. The maximum Gasteiger partial charge on any atom is 0.325 e. The van der Waals surface area contributed by atoms with Gasteiger partial charge in [-0.25, -0.2) is 5.32 Å². The number of carboxylic acids is 5. The van der Waals surface area contributed by atoms with Gasteiger partial charge in [-0.15, -0.1) is 0 Å². The minimum atomic E-state index is -1.34. The molecule has 0 rings (SSSR count). The molecule has 13 nitrogen and oxygen atoms in total. The summed E-state index contributed by atoms with van der Waals surface area (Å²) in [7, 11) is 0. The van der Waals surface area contributed by atoms with Crippen molar-refractivity contribution in [1.82, 2.24) is 10.2 Å². The van der Waals surface area contributed by atoms with Gasteiger partial charge in [0, 0.05) is 13.0 Å². The monoisotopic (exact) mass is 391 g/mol. The molecule has 0 aromatic rings. The number of aliphatic imine (C=N–C) groups is 1. The molecule has 0 aromatic heterocycles. The summed E-state index contributed by atoms with van der Waals surface area (Å²) < 4.78 is 0. The first-order valence-electron chi connectivity index (χ1n) is 7.29. The van der Waals surface area contributed by atoms with Gasteiger partial charge in [0.25, 0.3) is 0 Å². The van der Waals surface area contributed by atoms with Crippen LogP contribution in [0.5, 0.6) is 0 Å². The van der Waals surface area contributed by atoms with Crippen molar-refractivity contribution in [3.05, 3.63) is 6.92 Å². The quantitative estimate of drug-likeness (QED) is 0.187. The molecular formula is C14H21N3O10. The highest BCUT2D eigenvalue weighted by Gasteiger charge is 2.19. The Morgan fingerprint density at radius 3 is 1.48 bits per heavy atom. The molecule has 0 aromatic carbocycles. The van der Waals surface area contributed by atoms with Crippen LogP contribution >= 0.6 is 0 Å². The predicted octanol–water partition coefficient (Wildman–Crippen LogP) is -1.69. The third-order valence-electron chi connectivity index (χ3n) is 2.38. The zero-order chi connectivity index (χ0) is 21.4. The first-order valence-corrected chi connectivity index (χ1v) is 7.29. The van der Waals surface area contributed by atoms with Crippen molar-refractivity contribution in [2.75, 3.05) is 32.7 Å². The van der Waals surface area contributed by atoms with E-state index in [-0.39, 0.29) is 18.8 Å². The number of hydrogen-bond acceptors (Lipinski definition) is 6. The lowest BCUT2D eigenvalue weighted by atomic mass is 10.2. The van der Waals surface area contributed by atoms with E-state index in [1.54, 1.807) is 0 Å². The van der Waals surface area contributed by atoms with Crippen molar-refractivity contribution < 1.29 is 49.5 Å². The second-order valence-electron chi connectivity index (χ2n) is 4.66. The van der Waals surface area contributed by atoms with Crippen molar-refractivity contribution in [2.45, 2.75) is 12.8 Å². The third kappa shape index (κ3) is 19.0. The summed E-state index contributed by atoms with van der Waals surface area (Å²) in [6, 6.07) is 0. The summed E-state index contributed by atoms with van der Waals surface area (Å²) in [5.41, 5.74) is 0. The van der Waals surface area contributed by atoms with E-state index in [0.29, 0.717) is 6.54 Å². The number of hydrogen-bond donors (Lipinski definition) is 5. The molecule has 0 heterocycles. The van der Waals surface area contributed by atoms with Crippen LogP contribution in [0.15, 0.2) is 4.99 Å². The third-order valence-corrected chi connectivity index (χ3v) is 2.38. The van der Waals surface area contributed by atoms with Gasteiger partial charge in [0.05, 0.1) is 6.42 Å². The standard InChI is InChI=1S/C10H14N2O8.C4H7NO2/c13-7(14)2-1-6(11-3-8(15)16)12(4-9(17)18)5-10(19)20;1-2-5-3-4(6)7/h1-5H2,(H,13,14)(H,15,16)(H,17,18)(H,19,20);1-3H2,(H,6,7). The highest BCUT2D eigenvalue weighted by molar-refractivity contribution is 5.91. The van der Waals surface area contributed by atoms with Crippen molar-refractivity contribution in [3.8, 4) is 0 Å². The lowest BCUT2D eigenvalue weighted by Gasteiger charge is -2.22. The first-order chi connectivity index (χ1) is 12.5. The van der Waals surface area contributed by atoms with Crippen LogP contribution in [0.1, 0.15) is 12.8 Å². The van der Waals surface area contributed by atoms with Crippen LogP contribution in [-0.2, 0) is 24.0 Å². The fourth-order valence-corrected chi connectivity index (χ4v) is 1.45. The Labute approximate surface area is 153 Å². The lowest BCUT2D eigenvalue weighted by molar-refractivity contribution is -0.140. The summed E-state index contributed by atoms with van der Waals surface area (Å²) in [4.78, 5) is 56.2. The van der Waals surface area contributed by atoms with Crippen LogP contribution in [0.4, 0.5) is 0 Å². The normalized spacial score (nSPS) is 10.3. The molecule has 2 radical (unpaired) electrons. The van der Waals surface area contributed by atoms with E-state index in [0.717, 1.165) is 4.90 Å². The Balaban J connectivity index is 0. The first kappa shape index (κ1) is 26.0. The van der Waals surface area contributed by atoms with E-state index in [1.165, 1.54) is 0 Å². The number of carbonyl (C=O) groups is 5. The fourth-order valence-electron chi connectivity index (χ4n) is 1.45. The van der Waals surface area contributed by atoms with E-state index in [2.05, 4.69) is 17.2 Å². The number of carboxylic acid groups (broad SMARTS) is 5. The van der Waals surface area contributed by atoms with Crippen molar-refractivity contribution in [3.63, 3.8) is 0 Å². The van der Waals surface area contributed by atoms with Crippen molar-refractivity contribution in [1.29, 1.82) is 0 Å². The molecule has 0 aliphatic rings. The van der Waals surface area contributed by atoms with E-state index < -0.39 is 55.9 Å². The molecule has 0 aliphatic carbocycles. The molecule has 0 atom stereocenters. The molecule has 5 N–H and O–H groups in total. The van der Waals surface area contributed by atoms with Gasteiger partial charge in [-0.05, 0) is 6.92 Å². The summed E-state index contributed by atoms with van der Waals surface area (Å²) in [6.45, 7) is 1.41. The van der Waals surface area contributed by atoms with Gasteiger partial charge in [0.2, 0.25) is 0 Å². The highest BCUT2D eigenvalue weighted by Crippen LogP contribution is 2.02. The Morgan fingerprint density at radius 2 is 1.19 bits per heavy atom. The SMILES string of the molecule is O=C(O)CCC(=NCC(=O)O)N(CC(=O)O)CC(=O)O.[CH2]C[N]CC(=O)O. The second kappa shape index (κ2) is 15.1. The lowest BCUT2D eigenvalue weighted by Crippen LogP contribution is -2.40. The van der Waals surface area contributed by atoms with E-state index >= 15 is 0 Å². The number of nitrogens with zero attached hydrogens (tertiary/aromatic N) is 3. The van der Waals surface area contributed by atoms with Crippen LogP contribution in [0.3, 0.4) is 0 Å². The zero-order valence-corrected chi connectivity index (χ0v) is 14.3. The zero-order valence-electron chi connectivity index (χ0n) is 14.3. The van der Waals surface area contributed by atoms with Crippen LogP contribution in [0.25, 0.3) is 0 Å². The molecule has 0 bridgehead atoms. The van der Waals surface area contributed by atoms with Gasteiger partial charge in [0.15, 0.2) is 0 Å². The maximum atomic E-state index is 10.6. The van der Waals surface area contributed by atoms with Gasteiger partial charge in [0.1, 0.15) is 32.0 Å².